The number of hydrogen-bond acceptors (Lipinski definition) is 4. The van der Waals surface area contributed by atoms with Crippen molar-refractivity contribution in [1.29, 1.82) is 0 Å². The van der Waals surface area contributed by atoms with Crippen LogP contribution in [0.15, 0.2) is 53.9 Å². The highest BCUT2D eigenvalue weighted by Crippen LogP contribution is 2.50. The number of rotatable bonds is 5. The zero-order valence-corrected chi connectivity index (χ0v) is 20.5. The van der Waals surface area contributed by atoms with Crippen molar-refractivity contribution in [2.45, 2.75) is 38.6 Å². The van der Waals surface area contributed by atoms with Gasteiger partial charge in [-0.1, -0.05) is 34.4 Å². The van der Waals surface area contributed by atoms with Crippen LogP contribution in [0.2, 0.25) is 10.0 Å². The molecule has 1 atom stereocenters. The first-order valence-electron chi connectivity index (χ1n) is 10.7. The average molecular weight is 540 g/mol. The number of halogens is 6. The predicted molar refractivity (Wildman–Crippen MR) is 128 cm³/mol. The second kappa shape index (κ2) is 9.71. The number of hydrogen-bond donors (Lipinski definition) is 1. The van der Waals surface area contributed by atoms with Gasteiger partial charge in [0.1, 0.15) is 0 Å². The van der Waals surface area contributed by atoms with Crippen LogP contribution in [0.25, 0.3) is 0 Å². The molecule has 188 valence electrons. The lowest BCUT2D eigenvalue weighted by Gasteiger charge is -2.29. The summed E-state index contributed by atoms with van der Waals surface area (Å²) < 4.78 is 56.5. The Bertz CT molecular complexity index is 1350. The van der Waals surface area contributed by atoms with Crippen LogP contribution < -0.4 is 5.32 Å². The molecule has 0 fully saturated rings. The molecule has 0 saturated carbocycles. The summed E-state index contributed by atoms with van der Waals surface area (Å²) in [6.07, 6.45) is -2.29. The van der Waals surface area contributed by atoms with Gasteiger partial charge in [0.15, 0.2) is 5.82 Å². The minimum Gasteiger partial charge on any atom is -0.374 e. The molecule has 4 rings (SSSR count). The number of pyridine rings is 1. The van der Waals surface area contributed by atoms with E-state index >= 15 is 0 Å². The molecule has 2 aromatic carbocycles. The minimum absolute atomic E-state index is 0.00457. The number of carbonyl (C=O) groups is 1. The van der Waals surface area contributed by atoms with Gasteiger partial charge in [-0.3, -0.25) is 9.78 Å². The summed E-state index contributed by atoms with van der Waals surface area (Å²) in [5, 5.41) is 5.38. The van der Waals surface area contributed by atoms with Gasteiger partial charge in [0.25, 0.3) is 11.5 Å². The van der Waals surface area contributed by atoms with Crippen LogP contribution in [0.4, 0.5) is 17.6 Å². The highest BCUT2D eigenvalue weighted by Gasteiger charge is 2.62. The van der Waals surface area contributed by atoms with E-state index in [1.54, 1.807) is 25.4 Å². The van der Waals surface area contributed by atoms with E-state index < -0.39 is 39.6 Å². The maximum absolute atomic E-state index is 14.2. The fourth-order valence-electron chi connectivity index (χ4n) is 3.90. The van der Waals surface area contributed by atoms with E-state index in [1.165, 1.54) is 12.1 Å². The van der Waals surface area contributed by atoms with Gasteiger partial charge in [-0.25, -0.2) is 4.39 Å². The van der Waals surface area contributed by atoms with Gasteiger partial charge in [-0.2, -0.15) is 13.2 Å². The zero-order valence-electron chi connectivity index (χ0n) is 19.0. The normalized spacial score (nSPS) is 17.5. The first-order chi connectivity index (χ1) is 16.9. The largest absolute Gasteiger partial charge is 0.435 e. The highest BCUT2D eigenvalue weighted by molar-refractivity contribution is 6.35. The summed E-state index contributed by atoms with van der Waals surface area (Å²) in [7, 11) is 0. The second-order valence-electron chi connectivity index (χ2n) is 8.40. The molecule has 11 heteroatoms. The van der Waals surface area contributed by atoms with Crippen LogP contribution in [-0.2, 0) is 17.0 Å². The van der Waals surface area contributed by atoms with E-state index in [0.29, 0.717) is 16.7 Å². The van der Waals surface area contributed by atoms with E-state index in [4.69, 9.17) is 28.0 Å². The Morgan fingerprint density at radius 3 is 2.42 bits per heavy atom. The van der Waals surface area contributed by atoms with Crippen LogP contribution in [0.3, 0.4) is 0 Å². The van der Waals surface area contributed by atoms with Crippen molar-refractivity contribution in [2.24, 2.45) is 5.16 Å². The number of aromatic nitrogens is 1. The molecular formula is C25H19Cl2F4N3O2. The Morgan fingerprint density at radius 1 is 1.11 bits per heavy atom. The van der Waals surface area contributed by atoms with Crippen molar-refractivity contribution in [2.75, 3.05) is 0 Å². The number of alkyl halides is 3. The zero-order chi connectivity index (χ0) is 26.3. The summed E-state index contributed by atoms with van der Waals surface area (Å²) in [5.74, 6) is -1.37. The summed E-state index contributed by atoms with van der Waals surface area (Å²) >= 11 is 11.5. The highest BCUT2D eigenvalue weighted by atomic mass is 35.5. The average Bonchev–Trinajstić information content (AvgIpc) is 3.28. The molecule has 1 amide bonds. The molecular weight excluding hydrogens is 521 g/mol. The van der Waals surface area contributed by atoms with Crippen molar-refractivity contribution >= 4 is 34.8 Å². The molecule has 0 bridgehead atoms. The van der Waals surface area contributed by atoms with Gasteiger partial charge in [0.2, 0.25) is 0 Å². The Morgan fingerprint density at radius 2 is 1.81 bits per heavy atom. The molecule has 1 aromatic heterocycles. The molecule has 0 spiro atoms. The molecule has 1 unspecified atom stereocenters. The Hall–Kier alpha value is -3.17. The van der Waals surface area contributed by atoms with E-state index in [9.17, 15) is 22.4 Å². The van der Waals surface area contributed by atoms with Crippen LogP contribution in [0.5, 0.6) is 0 Å². The Labute approximate surface area is 214 Å². The van der Waals surface area contributed by atoms with Gasteiger partial charge in [0.05, 0.1) is 15.8 Å². The van der Waals surface area contributed by atoms with Gasteiger partial charge in [0, 0.05) is 36.5 Å². The van der Waals surface area contributed by atoms with Crippen LogP contribution >= 0.6 is 23.2 Å². The summed E-state index contributed by atoms with van der Waals surface area (Å²) in [6, 6.07) is 8.06. The first-order valence-corrected chi connectivity index (χ1v) is 11.4. The molecule has 0 saturated heterocycles. The van der Waals surface area contributed by atoms with Crippen molar-refractivity contribution in [3.05, 3.63) is 98.0 Å². The number of benzene rings is 2. The second-order valence-corrected chi connectivity index (χ2v) is 9.21. The monoisotopic (exact) mass is 539 g/mol. The molecule has 3 aromatic rings. The van der Waals surface area contributed by atoms with Gasteiger partial charge in [-0.05, 0) is 66.4 Å². The Balaban J connectivity index is 1.57. The lowest BCUT2D eigenvalue weighted by Crippen LogP contribution is -2.42. The van der Waals surface area contributed by atoms with Crippen molar-refractivity contribution < 1.29 is 27.2 Å². The predicted octanol–water partition coefficient (Wildman–Crippen LogP) is 6.66. The summed E-state index contributed by atoms with van der Waals surface area (Å²) in [6.45, 7) is 3.85. The lowest BCUT2D eigenvalue weighted by molar-refractivity contribution is -0.275. The third-order valence-electron chi connectivity index (χ3n) is 6.03. The van der Waals surface area contributed by atoms with E-state index in [0.717, 1.165) is 23.3 Å². The van der Waals surface area contributed by atoms with E-state index in [1.807, 2.05) is 13.0 Å². The minimum atomic E-state index is -4.91. The van der Waals surface area contributed by atoms with Gasteiger partial charge in [-0.15, -0.1) is 0 Å². The number of nitrogens with one attached hydrogen (secondary N) is 1. The third-order valence-corrected chi connectivity index (χ3v) is 6.58. The van der Waals surface area contributed by atoms with Crippen molar-refractivity contribution in [1.82, 2.24) is 10.3 Å². The molecule has 1 aliphatic rings. The van der Waals surface area contributed by atoms with E-state index in [2.05, 4.69) is 15.5 Å². The number of carbonyl (C=O) groups excluding carboxylic acids is 1. The molecule has 1 aliphatic heterocycles. The van der Waals surface area contributed by atoms with Gasteiger partial charge < -0.3 is 10.2 Å². The molecule has 2 heterocycles. The number of amides is 1. The fraction of sp³-hybridized carbons (Fsp3) is 0.240. The first kappa shape index (κ1) is 25.9. The molecule has 5 nitrogen and oxygen atoms in total. The maximum Gasteiger partial charge on any atom is 0.435 e. The number of nitrogens with zero attached hydrogens (tertiary/aromatic N) is 2. The van der Waals surface area contributed by atoms with E-state index in [-0.39, 0.29) is 18.2 Å². The number of oxime groups is 1. The summed E-state index contributed by atoms with van der Waals surface area (Å²) in [5.41, 5.74) is -0.275. The van der Waals surface area contributed by atoms with Crippen LogP contribution in [0, 0.1) is 19.7 Å². The molecule has 0 aliphatic carbocycles. The fourth-order valence-corrected chi connectivity index (χ4v) is 4.38. The SMILES string of the molecule is Cc1ccncc1CNC(=O)c1ccc(C2=NOC(c3cc(Cl)c(F)c(Cl)c3)(C(F)(F)F)C2)cc1C. The topological polar surface area (TPSA) is 63.6 Å². The smallest absolute Gasteiger partial charge is 0.374 e. The Kier molecular flexibility index (Phi) is 6.99. The standard InChI is InChI=1S/C25H19Cl2F4N3O2/c1-13-5-6-32-11-16(13)12-33-23(35)18-4-3-15(7-14(18)2)21-10-24(36-34-21,25(29,30)31)17-8-19(26)22(28)20(27)9-17/h3-9,11H,10,12H2,1-2H3,(H,33,35). The molecule has 36 heavy (non-hydrogen) atoms. The molecule has 0 radical (unpaired) electrons. The number of aryl methyl sites for hydroxylation is 2. The van der Waals surface area contributed by atoms with Crippen molar-refractivity contribution in [3.63, 3.8) is 0 Å². The molecule has 1 N–H and O–H groups in total. The van der Waals surface area contributed by atoms with Crippen LogP contribution in [0.1, 0.15) is 44.6 Å². The maximum atomic E-state index is 14.2. The quantitative estimate of drug-likeness (QED) is 0.291. The van der Waals surface area contributed by atoms with Crippen LogP contribution in [-0.4, -0.2) is 22.8 Å². The summed E-state index contributed by atoms with van der Waals surface area (Å²) in [4.78, 5) is 21.7. The van der Waals surface area contributed by atoms with Crippen molar-refractivity contribution in [3.8, 4) is 0 Å². The van der Waals surface area contributed by atoms with Gasteiger partial charge >= 0.3 is 6.18 Å². The third kappa shape index (κ3) is 4.77. The lowest BCUT2D eigenvalue weighted by atomic mass is 9.86.